The fraction of sp³-hybridized carbons (Fsp3) is 0.134. The lowest BCUT2D eigenvalue weighted by Gasteiger charge is -2.47. The van der Waals surface area contributed by atoms with Crippen LogP contribution < -0.4 is 4.90 Å². The van der Waals surface area contributed by atoms with Gasteiger partial charge < -0.3 is 9.47 Å². The number of hydrogen-bond donors (Lipinski definition) is 0. The fourth-order valence-electron chi connectivity index (χ4n) is 12.8. The number of allylic oxidation sites excluding steroid dienone is 12. The van der Waals surface area contributed by atoms with Crippen LogP contribution in [0.15, 0.2) is 261 Å². The molecule has 0 spiro atoms. The Morgan fingerprint density at radius 2 is 1.32 bits per heavy atom. The lowest BCUT2D eigenvalue weighted by atomic mass is 9.56. The smallest absolute Gasteiger partial charge is 0.0561 e. The van der Waals surface area contributed by atoms with Crippen LogP contribution in [0.3, 0.4) is 0 Å². The van der Waals surface area contributed by atoms with Crippen molar-refractivity contribution in [3.05, 3.63) is 283 Å². The Morgan fingerprint density at radius 3 is 2.07 bits per heavy atom. The van der Waals surface area contributed by atoms with E-state index in [1.165, 1.54) is 76.9 Å². The summed E-state index contributed by atoms with van der Waals surface area (Å²) in [5, 5.41) is 7.45. The van der Waals surface area contributed by atoms with Crippen molar-refractivity contribution in [1.82, 2.24) is 4.57 Å². The number of benzene rings is 8. The van der Waals surface area contributed by atoms with Crippen molar-refractivity contribution in [2.24, 2.45) is 17.8 Å². The third-order valence-electron chi connectivity index (χ3n) is 15.8. The Bertz CT molecular complexity index is 3630. The van der Waals surface area contributed by atoms with E-state index in [1.807, 2.05) is 6.08 Å². The number of hydrogen-bond acceptors (Lipinski definition) is 1. The lowest BCUT2D eigenvalue weighted by molar-refractivity contribution is 0.322. The molecule has 0 N–H and O–H groups in total. The van der Waals surface area contributed by atoms with Crippen LogP contribution in [0, 0.1) is 17.8 Å². The molecular formula is C67H56N2. The first-order valence-electron chi connectivity index (χ1n) is 24.6. The lowest BCUT2D eigenvalue weighted by Crippen LogP contribution is -2.44. The third-order valence-corrected chi connectivity index (χ3v) is 15.8. The maximum atomic E-state index is 3.92. The predicted molar refractivity (Wildman–Crippen MR) is 294 cm³/mol. The first-order chi connectivity index (χ1) is 33.9. The van der Waals surface area contributed by atoms with Gasteiger partial charge in [0, 0.05) is 45.1 Å². The van der Waals surface area contributed by atoms with E-state index in [2.05, 4.69) is 273 Å². The zero-order valence-electron chi connectivity index (χ0n) is 39.6. The summed E-state index contributed by atoms with van der Waals surface area (Å²) in [4.78, 5) is 2.53. The van der Waals surface area contributed by atoms with Gasteiger partial charge in [0.2, 0.25) is 0 Å². The average Bonchev–Trinajstić information content (AvgIpc) is 3.86. The van der Waals surface area contributed by atoms with E-state index in [4.69, 9.17) is 0 Å². The SMILES string of the molecule is C=CC/C=C\C=C(/C)n1c2ccccc2c2c(N(C3=CC(C)C(C4=CC=CC5C4(C)c4ccccc4C5(c4ccccc4)c4ccccc4)C=C3)c3ccc4ccc5ccccc5c4c3)cccc21. The normalized spacial score (nSPS) is 20.6. The predicted octanol–water partition coefficient (Wildman–Crippen LogP) is 17.4. The Balaban J connectivity index is 1.03. The molecule has 4 unspecified atom stereocenters. The molecule has 3 aliphatic rings. The molecule has 0 bridgehead atoms. The molecule has 9 aromatic rings. The van der Waals surface area contributed by atoms with Crippen molar-refractivity contribution in [3.63, 3.8) is 0 Å². The molecule has 0 radical (unpaired) electrons. The zero-order chi connectivity index (χ0) is 46.7. The standard InChI is InChI=1S/C67H56N2/c1-5-6-7-10-23-47(3)68-61-34-20-17-30-56(61)65-62(68)35-22-36-63(65)69(53-41-40-49-39-38-48-24-15-16-29-55(48)57(49)45-53)52-42-43-54(46(2)44-52)58-33-21-37-64-66(58,4)59-31-18-19-32-60(59)67(64,50-25-11-8-12-26-50)51-27-13-9-14-28-51/h5,7-46,54,64H,1,6H2,2-4H3/b10-7-,47-23+. The van der Waals surface area contributed by atoms with Crippen molar-refractivity contribution in [1.29, 1.82) is 0 Å². The monoisotopic (exact) mass is 888 g/mol. The topological polar surface area (TPSA) is 8.17 Å². The van der Waals surface area contributed by atoms with Crippen LogP contribution in [0.4, 0.5) is 11.4 Å². The number of para-hydroxylation sites is 1. The summed E-state index contributed by atoms with van der Waals surface area (Å²) in [7, 11) is 0. The van der Waals surface area contributed by atoms with Crippen molar-refractivity contribution in [2.75, 3.05) is 4.90 Å². The molecular weight excluding hydrogens is 833 g/mol. The number of nitrogens with zero attached hydrogens (tertiary/aromatic N) is 2. The average molecular weight is 889 g/mol. The Labute approximate surface area is 406 Å². The van der Waals surface area contributed by atoms with E-state index < -0.39 is 0 Å². The molecule has 12 rings (SSSR count). The van der Waals surface area contributed by atoms with Crippen LogP contribution in [-0.4, -0.2) is 4.57 Å². The van der Waals surface area contributed by atoms with Gasteiger partial charge in [-0.3, -0.25) is 0 Å². The Morgan fingerprint density at radius 1 is 0.667 bits per heavy atom. The van der Waals surface area contributed by atoms with Gasteiger partial charge in [-0.05, 0) is 106 Å². The van der Waals surface area contributed by atoms with Gasteiger partial charge in [0.25, 0.3) is 0 Å². The van der Waals surface area contributed by atoms with Crippen LogP contribution in [-0.2, 0) is 10.8 Å². The molecule has 3 aliphatic carbocycles. The summed E-state index contributed by atoms with van der Waals surface area (Å²) in [5.74, 6) is 0.517. The second kappa shape index (κ2) is 17.0. The van der Waals surface area contributed by atoms with Crippen LogP contribution in [0.1, 0.15) is 49.4 Å². The quantitative estimate of drug-likeness (QED) is 0.0755. The van der Waals surface area contributed by atoms with Gasteiger partial charge in [0.1, 0.15) is 0 Å². The summed E-state index contributed by atoms with van der Waals surface area (Å²) in [6.45, 7) is 11.1. The van der Waals surface area contributed by atoms with Gasteiger partial charge >= 0.3 is 0 Å². The summed E-state index contributed by atoms with van der Waals surface area (Å²) in [5.41, 5.74) is 13.3. The second-order valence-electron chi connectivity index (χ2n) is 19.4. The zero-order valence-corrected chi connectivity index (χ0v) is 39.6. The van der Waals surface area contributed by atoms with Crippen molar-refractivity contribution < 1.29 is 0 Å². The van der Waals surface area contributed by atoms with Gasteiger partial charge in [-0.25, -0.2) is 0 Å². The number of anilines is 2. The fourth-order valence-corrected chi connectivity index (χ4v) is 12.8. The molecule has 0 fully saturated rings. The summed E-state index contributed by atoms with van der Waals surface area (Å²) in [6.07, 6.45) is 24.1. The van der Waals surface area contributed by atoms with E-state index in [9.17, 15) is 0 Å². The highest BCUT2D eigenvalue weighted by Crippen LogP contribution is 2.65. The van der Waals surface area contributed by atoms with Crippen molar-refractivity contribution >= 4 is 60.4 Å². The van der Waals surface area contributed by atoms with Gasteiger partial charge in [-0.15, -0.1) is 6.58 Å². The number of aromatic nitrogens is 1. The highest BCUT2D eigenvalue weighted by Gasteiger charge is 2.61. The van der Waals surface area contributed by atoms with E-state index >= 15 is 0 Å². The molecule has 69 heavy (non-hydrogen) atoms. The van der Waals surface area contributed by atoms with Gasteiger partial charge in [-0.1, -0.05) is 220 Å². The maximum Gasteiger partial charge on any atom is 0.0561 e. The molecule has 0 saturated carbocycles. The molecule has 0 saturated heterocycles. The largest absolute Gasteiger partial charge is 0.313 e. The summed E-state index contributed by atoms with van der Waals surface area (Å²) < 4.78 is 2.42. The highest BCUT2D eigenvalue weighted by molar-refractivity contribution is 6.17. The molecule has 2 heteroatoms. The Kier molecular flexibility index (Phi) is 10.4. The van der Waals surface area contributed by atoms with Crippen LogP contribution >= 0.6 is 0 Å². The summed E-state index contributed by atoms with van der Waals surface area (Å²) >= 11 is 0. The van der Waals surface area contributed by atoms with E-state index in [0.717, 1.165) is 23.5 Å². The molecule has 1 aromatic heterocycles. The third kappa shape index (κ3) is 6.53. The maximum absolute atomic E-state index is 3.92. The summed E-state index contributed by atoms with van der Waals surface area (Å²) in [6, 6.07) is 67.9. The van der Waals surface area contributed by atoms with Crippen molar-refractivity contribution in [3.8, 4) is 0 Å². The second-order valence-corrected chi connectivity index (χ2v) is 19.4. The highest BCUT2D eigenvalue weighted by atomic mass is 15.2. The van der Waals surface area contributed by atoms with Crippen LogP contribution in [0.5, 0.6) is 0 Å². The minimum Gasteiger partial charge on any atom is -0.313 e. The number of fused-ring (bicyclic) bond motifs is 9. The molecule has 1 heterocycles. The van der Waals surface area contributed by atoms with E-state index in [0.29, 0.717) is 0 Å². The molecule has 4 atom stereocenters. The van der Waals surface area contributed by atoms with Gasteiger partial charge in [-0.2, -0.15) is 0 Å². The van der Waals surface area contributed by atoms with E-state index in [-0.39, 0.29) is 28.6 Å². The molecule has 2 nitrogen and oxygen atoms in total. The van der Waals surface area contributed by atoms with Gasteiger partial charge in [0.05, 0.1) is 22.1 Å². The Hall–Kier alpha value is -7.94. The van der Waals surface area contributed by atoms with Crippen LogP contribution in [0.2, 0.25) is 0 Å². The molecule has 0 amide bonds. The van der Waals surface area contributed by atoms with Crippen LogP contribution in [0.25, 0.3) is 49.0 Å². The number of rotatable bonds is 10. The van der Waals surface area contributed by atoms with Crippen molar-refractivity contribution in [2.45, 2.75) is 38.0 Å². The first-order valence-corrected chi connectivity index (χ1v) is 24.6. The molecule has 0 aliphatic heterocycles. The minimum absolute atomic E-state index is 0.159. The first kappa shape index (κ1) is 42.4. The van der Waals surface area contributed by atoms with Gasteiger partial charge in [0.15, 0.2) is 0 Å². The molecule has 334 valence electrons. The van der Waals surface area contributed by atoms with E-state index in [1.54, 1.807) is 0 Å². The molecule has 8 aromatic carbocycles. The minimum atomic E-state index is -0.364.